The zero-order valence-electron chi connectivity index (χ0n) is 13.3. The maximum Gasteiger partial charge on any atom is 0.231 e. The molecule has 0 saturated carbocycles. The minimum atomic E-state index is -0.314. The van der Waals surface area contributed by atoms with Crippen LogP contribution in [0.4, 0.5) is 0 Å². The van der Waals surface area contributed by atoms with Gasteiger partial charge in [-0.2, -0.15) is 0 Å². The predicted molar refractivity (Wildman–Crippen MR) is 83.9 cm³/mol. The van der Waals surface area contributed by atoms with Crippen LogP contribution in [0.25, 0.3) is 0 Å². The second kappa shape index (κ2) is 7.35. The minimum Gasteiger partial charge on any atom is -0.369 e. The van der Waals surface area contributed by atoms with E-state index in [9.17, 15) is 9.59 Å². The van der Waals surface area contributed by atoms with Crippen LogP contribution in [0.1, 0.15) is 29.8 Å². The third kappa shape index (κ3) is 4.80. The number of carbonyl (C=O) groups excluding carboxylic acids is 2. The van der Waals surface area contributed by atoms with Crippen LogP contribution < -0.4 is 11.1 Å². The number of nitrogens with zero attached hydrogens (tertiary/aromatic N) is 2. The topological polar surface area (TPSA) is 88.3 Å². The molecule has 3 N–H and O–H groups in total. The lowest BCUT2D eigenvalue weighted by atomic mass is 9.96. The number of hydrogen-bond donors (Lipinski definition) is 2. The number of pyridine rings is 1. The van der Waals surface area contributed by atoms with E-state index in [0.717, 1.165) is 42.9 Å². The van der Waals surface area contributed by atoms with Gasteiger partial charge in [0.15, 0.2) is 0 Å². The summed E-state index contributed by atoms with van der Waals surface area (Å²) in [5, 5.41) is 3.00. The highest BCUT2D eigenvalue weighted by Gasteiger charge is 2.25. The fourth-order valence-corrected chi connectivity index (χ4v) is 2.93. The monoisotopic (exact) mass is 304 g/mol. The predicted octanol–water partition coefficient (Wildman–Crippen LogP) is 0.512. The highest BCUT2D eigenvalue weighted by molar-refractivity contribution is 5.79. The maximum absolute atomic E-state index is 12.2. The molecule has 1 aromatic rings. The maximum atomic E-state index is 12.2. The Hall–Kier alpha value is -1.95. The molecule has 0 atom stereocenters. The Morgan fingerprint density at radius 2 is 1.86 bits per heavy atom. The number of rotatable bonds is 5. The summed E-state index contributed by atoms with van der Waals surface area (Å²) in [4.78, 5) is 29.5. The van der Waals surface area contributed by atoms with E-state index >= 15 is 0 Å². The molecule has 0 spiro atoms. The van der Waals surface area contributed by atoms with E-state index in [1.807, 2.05) is 30.9 Å². The van der Waals surface area contributed by atoms with Crippen molar-refractivity contribution in [3.05, 3.63) is 29.1 Å². The van der Waals surface area contributed by atoms with Crippen molar-refractivity contribution in [2.75, 3.05) is 19.6 Å². The minimum absolute atomic E-state index is 0.0214. The zero-order valence-corrected chi connectivity index (χ0v) is 13.3. The molecule has 22 heavy (non-hydrogen) atoms. The smallest absolute Gasteiger partial charge is 0.231 e. The first kappa shape index (κ1) is 16.4. The number of aryl methyl sites for hydroxylation is 2. The summed E-state index contributed by atoms with van der Waals surface area (Å²) in [6.07, 6.45) is 1.54. The van der Waals surface area contributed by atoms with Gasteiger partial charge in [-0.25, -0.2) is 0 Å². The Labute approximate surface area is 131 Å². The van der Waals surface area contributed by atoms with Crippen molar-refractivity contribution in [1.82, 2.24) is 15.2 Å². The molecule has 0 bridgehead atoms. The second-order valence-electron chi connectivity index (χ2n) is 5.99. The Bertz CT molecular complexity index is 531. The van der Waals surface area contributed by atoms with Crippen LogP contribution in [0.5, 0.6) is 0 Å². The molecule has 120 valence electrons. The fourth-order valence-electron chi connectivity index (χ4n) is 2.93. The Morgan fingerprint density at radius 3 is 2.41 bits per heavy atom. The molecule has 0 radical (unpaired) electrons. The van der Waals surface area contributed by atoms with Crippen LogP contribution in [-0.2, 0) is 16.1 Å². The number of nitrogens with one attached hydrogen (secondary N) is 1. The van der Waals surface area contributed by atoms with Crippen LogP contribution in [0.15, 0.2) is 12.1 Å². The van der Waals surface area contributed by atoms with Gasteiger partial charge < -0.3 is 11.1 Å². The standard InChI is InChI=1S/C16H24N4O2/c1-11-7-13(8-12(2)19-11)9-18-16(22)14-3-5-20(6-4-14)10-15(17)21/h7-8,14H,3-6,9-10H2,1-2H3,(H2,17,21)(H,18,22). The summed E-state index contributed by atoms with van der Waals surface area (Å²) < 4.78 is 0. The van der Waals surface area contributed by atoms with Gasteiger partial charge in [0.25, 0.3) is 0 Å². The molecule has 2 heterocycles. The molecule has 2 rings (SSSR count). The number of hydrogen-bond acceptors (Lipinski definition) is 4. The largest absolute Gasteiger partial charge is 0.369 e. The van der Waals surface area contributed by atoms with Crippen molar-refractivity contribution < 1.29 is 9.59 Å². The summed E-state index contributed by atoms with van der Waals surface area (Å²) in [5.41, 5.74) is 8.19. The van der Waals surface area contributed by atoms with Gasteiger partial charge in [0.05, 0.1) is 6.54 Å². The number of aromatic nitrogens is 1. The Balaban J connectivity index is 1.80. The van der Waals surface area contributed by atoms with E-state index < -0.39 is 0 Å². The van der Waals surface area contributed by atoms with E-state index in [1.165, 1.54) is 0 Å². The number of piperidine rings is 1. The molecular formula is C16H24N4O2. The first-order valence-electron chi connectivity index (χ1n) is 7.66. The summed E-state index contributed by atoms with van der Waals surface area (Å²) in [7, 11) is 0. The quantitative estimate of drug-likeness (QED) is 0.829. The zero-order chi connectivity index (χ0) is 16.1. The Morgan fingerprint density at radius 1 is 1.27 bits per heavy atom. The van der Waals surface area contributed by atoms with E-state index in [0.29, 0.717) is 6.54 Å². The molecule has 1 saturated heterocycles. The van der Waals surface area contributed by atoms with E-state index in [1.54, 1.807) is 0 Å². The van der Waals surface area contributed by atoms with Gasteiger partial charge in [-0.3, -0.25) is 19.5 Å². The first-order chi connectivity index (χ1) is 10.4. The number of carbonyl (C=O) groups is 2. The van der Waals surface area contributed by atoms with Gasteiger partial charge >= 0.3 is 0 Å². The molecule has 0 aliphatic carbocycles. The third-order valence-electron chi connectivity index (χ3n) is 3.95. The number of nitrogens with two attached hydrogens (primary N) is 1. The van der Waals surface area contributed by atoms with Gasteiger partial charge in [-0.05, 0) is 57.5 Å². The van der Waals surface area contributed by atoms with Crippen LogP contribution in [0.3, 0.4) is 0 Å². The lowest BCUT2D eigenvalue weighted by Gasteiger charge is -2.30. The van der Waals surface area contributed by atoms with Crippen molar-refractivity contribution >= 4 is 11.8 Å². The van der Waals surface area contributed by atoms with Crippen molar-refractivity contribution in [1.29, 1.82) is 0 Å². The van der Waals surface area contributed by atoms with Crippen LogP contribution in [-0.4, -0.2) is 41.3 Å². The third-order valence-corrected chi connectivity index (χ3v) is 3.95. The van der Waals surface area contributed by atoms with Crippen molar-refractivity contribution in [2.45, 2.75) is 33.2 Å². The van der Waals surface area contributed by atoms with E-state index in [-0.39, 0.29) is 24.3 Å². The van der Waals surface area contributed by atoms with E-state index in [2.05, 4.69) is 10.3 Å². The first-order valence-corrected chi connectivity index (χ1v) is 7.66. The average molecular weight is 304 g/mol. The van der Waals surface area contributed by atoms with Crippen LogP contribution >= 0.6 is 0 Å². The van der Waals surface area contributed by atoms with E-state index in [4.69, 9.17) is 5.73 Å². The molecule has 1 aromatic heterocycles. The number of primary amides is 1. The molecule has 6 nitrogen and oxygen atoms in total. The number of amides is 2. The lowest BCUT2D eigenvalue weighted by molar-refractivity contribution is -0.126. The molecule has 1 aliphatic rings. The number of likely N-dealkylation sites (tertiary alicyclic amines) is 1. The second-order valence-corrected chi connectivity index (χ2v) is 5.99. The summed E-state index contributed by atoms with van der Waals surface area (Å²) in [6, 6.07) is 3.98. The van der Waals surface area contributed by atoms with Crippen molar-refractivity contribution in [2.24, 2.45) is 11.7 Å². The molecule has 2 amide bonds. The summed E-state index contributed by atoms with van der Waals surface area (Å²) in [6.45, 7) is 6.21. The SMILES string of the molecule is Cc1cc(CNC(=O)C2CCN(CC(N)=O)CC2)cc(C)n1. The molecule has 1 aliphatic heterocycles. The van der Waals surface area contributed by atoms with Crippen molar-refractivity contribution in [3.63, 3.8) is 0 Å². The lowest BCUT2D eigenvalue weighted by Crippen LogP contribution is -2.43. The van der Waals surface area contributed by atoms with Gasteiger partial charge in [-0.15, -0.1) is 0 Å². The summed E-state index contributed by atoms with van der Waals surface area (Å²) >= 11 is 0. The fraction of sp³-hybridized carbons (Fsp3) is 0.562. The normalized spacial score (nSPS) is 16.5. The van der Waals surface area contributed by atoms with Gasteiger partial charge in [0.1, 0.15) is 0 Å². The highest BCUT2D eigenvalue weighted by atomic mass is 16.2. The van der Waals surface area contributed by atoms with Crippen LogP contribution in [0, 0.1) is 19.8 Å². The van der Waals surface area contributed by atoms with Crippen LogP contribution in [0.2, 0.25) is 0 Å². The highest BCUT2D eigenvalue weighted by Crippen LogP contribution is 2.17. The molecule has 6 heteroatoms. The van der Waals surface area contributed by atoms with Gasteiger partial charge in [0, 0.05) is 23.9 Å². The molecule has 0 unspecified atom stereocenters. The molecular weight excluding hydrogens is 280 g/mol. The molecule has 1 fully saturated rings. The summed E-state index contributed by atoms with van der Waals surface area (Å²) in [5.74, 6) is -0.203. The molecule has 0 aromatic carbocycles. The average Bonchev–Trinajstić information content (AvgIpc) is 2.44. The van der Waals surface area contributed by atoms with Gasteiger partial charge in [-0.1, -0.05) is 0 Å². The van der Waals surface area contributed by atoms with Gasteiger partial charge in [0.2, 0.25) is 11.8 Å². The van der Waals surface area contributed by atoms with Crippen molar-refractivity contribution in [3.8, 4) is 0 Å². The Kier molecular flexibility index (Phi) is 5.49.